The van der Waals surface area contributed by atoms with Gasteiger partial charge in [-0.05, 0) is 13.3 Å². The van der Waals surface area contributed by atoms with Gasteiger partial charge in [0.15, 0.2) is 0 Å². The molecule has 0 radical (unpaired) electrons. The molecule has 88 valence electrons. The van der Waals surface area contributed by atoms with Gasteiger partial charge in [-0.3, -0.25) is 14.9 Å². The molecule has 0 aromatic heterocycles. The lowest BCUT2D eigenvalue weighted by atomic mass is 9.98. The van der Waals surface area contributed by atoms with E-state index >= 15 is 0 Å². The Morgan fingerprint density at radius 3 is 2.47 bits per heavy atom. The second-order valence-electron chi connectivity index (χ2n) is 3.41. The molecule has 1 amide bonds. The van der Waals surface area contributed by atoms with Gasteiger partial charge < -0.3 is 15.2 Å². The van der Waals surface area contributed by atoms with Crippen molar-refractivity contribution in [3.05, 3.63) is 0 Å². The van der Waals surface area contributed by atoms with Crippen LogP contribution in [-0.4, -0.2) is 49.8 Å². The van der Waals surface area contributed by atoms with Gasteiger partial charge in [-0.15, -0.1) is 0 Å². The standard InChI is InChI=1S/C9H18N2O4/c1-9(8(13)14,4-5-15-3)11-6-7(12)10-2/h11H,4-6H2,1-3H3,(H,10,12)(H,13,14). The maximum atomic E-state index is 11.0. The maximum Gasteiger partial charge on any atom is 0.323 e. The average molecular weight is 218 g/mol. The summed E-state index contributed by atoms with van der Waals surface area (Å²) in [6.07, 6.45) is 0.301. The summed E-state index contributed by atoms with van der Waals surface area (Å²) in [5.41, 5.74) is -1.14. The van der Waals surface area contributed by atoms with Crippen molar-refractivity contribution in [1.29, 1.82) is 0 Å². The van der Waals surface area contributed by atoms with Crippen molar-refractivity contribution >= 4 is 11.9 Å². The summed E-state index contributed by atoms with van der Waals surface area (Å²) in [6.45, 7) is 1.82. The molecular weight excluding hydrogens is 200 g/mol. The van der Waals surface area contributed by atoms with Crippen molar-refractivity contribution in [3.63, 3.8) is 0 Å². The maximum absolute atomic E-state index is 11.0. The highest BCUT2D eigenvalue weighted by molar-refractivity contribution is 5.81. The van der Waals surface area contributed by atoms with Gasteiger partial charge in [0.1, 0.15) is 5.54 Å². The zero-order chi connectivity index (χ0) is 11.9. The number of nitrogens with one attached hydrogen (secondary N) is 2. The van der Waals surface area contributed by atoms with E-state index in [1.807, 2.05) is 0 Å². The molecule has 0 heterocycles. The molecule has 0 bridgehead atoms. The molecule has 0 saturated heterocycles. The van der Waals surface area contributed by atoms with Crippen LogP contribution < -0.4 is 10.6 Å². The summed E-state index contributed by atoms with van der Waals surface area (Å²) in [7, 11) is 3.00. The predicted octanol–water partition coefficient (Wildman–Crippen LogP) is -0.798. The largest absolute Gasteiger partial charge is 0.480 e. The van der Waals surface area contributed by atoms with E-state index in [9.17, 15) is 9.59 Å². The second-order valence-corrected chi connectivity index (χ2v) is 3.41. The molecule has 15 heavy (non-hydrogen) atoms. The fourth-order valence-electron chi connectivity index (χ4n) is 0.941. The van der Waals surface area contributed by atoms with Gasteiger partial charge in [0, 0.05) is 20.8 Å². The van der Waals surface area contributed by atoms with E-state index in [-0.39, 0.29) is 12.5 Å². The molecule has 0 aromatic rings. The first-order valence-corrected chi connectivity index (χ1v) is 4.64. The summed E-state index contributed by atoms with van der Waals surface area (Å²) >= 11 is 0. The number of carbonyl (C=O) groups excluding carboxylic acids is 1. The fraction of sp³-hybridized carbons (Fsp3) is 0.778. The number of likely N-dealkylation sites (N-methyl/N-ethyl adjacent to an activating group) is 1. The van der Waals surface area contributed by atoms with Crippen LogP contribution in [0.15, 0.2) is 0 Å². The second kappa shape index (κ2) is 6.36. The van der Waals surface area contributed by atoms with Crippen molar-refractivity contribution in [2.45, 2.75) is 18.9 Å². The lowest BCUT2D eigenvalue weighted by molar-refractivity contribution is -0.145. The monoisotopic (exact) mass is 218 g/mol. The highest BCUT2D eigenvalue weighted by Gasteiger charge is 2.32. The molecule has 0 fully saturated rings. The summed E-state index contributed by atoms with van der Waals surface area (Å²) in [6, 6.07) is 0. The smallest absolute Gasteiger partial charge is 0.323 e. The number of methoxy groups -OCH3 is 1. The third-order valence-electron chi connectivity index (χ3n) is 2.20. The number of carbonyl (C=O) groups is 2. The molecule has 0 aliphatic rings. The topological polar surface area (TPSA) is 87.7 Å². The Morgan fingerprint density at radius 1 is 1.47 bits per heavy atom. The minimum atomic E-state index is -1.14. The summed E-state index contributed by atoms with van der Waals surface area (Å²) in [5.74, 6) is -1.25. The minimum Gasteiger partial charge on any atom is -0.480 e. The van der Waals surface area contributed by atoms with Gasteiger partial charge >= 0.3 is 5.97 Å². The van der Waals surface area contributed by atoms with Crippen LogP contribution in [-0.2, 0) is 14.3 Å². The van der Waals surface area contributed by atoms with Crippen molar-refractivity contribution in [3.8, 4) is 0 Å². The summed E-state index contributed by atoms with van der Waals surface area (Å²) in [5, 5.41) is 14.1. The van der Waals surface area contributed by atoms with E-state index in [0.29, 0.717) is 13.0 Å². The van der Waals surface area contributed by atoms with Crippen molar-refractivity contribution in [2.75, 3.05) is 27.3 Å². The van der Waals surface area contributed by atoms with Crippen LogP contribution in [0.5, 0.6) is 0 Å². The lowest BCUT2D eigenvalue weighted by Gasteiger charge is -2.25. The molecular formula is C9H18N2O4. The normalized spacial score (nSPS) is 14.3. The molecule has 6 nitrogen and oxygen atoms in total. The predicted molar refractivity (Wildman–Crippen MR) is 54.6 cm³/mol. The van der Waals surface area contributed by atoms with Crippen LogP contribution in [0.1, 0.15) is 13.3 Å². The third-order valence-corrected chi connectivity index (χ3v) is 2.20. The van der Waals surface area contributed by atoms with E-state index in [0.717, 1.165) is 0 Å². The number of aliphatic carboxylic acids is 1. The van der Waals surface area contributed by atoms with Crippen molar-refractivity contribution in [2.24, 2.45) is 0 Å². The van der Waals surface area contributed by atoms with Crippen LogP contribution in [0.4, 0.5) is 0 Å². The van der Waals surface area contributed by atoms with Gasteiger partial charge in [-0.2, -0.15) is 0 Å². The molecule has 0 saturated carbocycles. The van der Waals surface area contributed by atoms with Crippen molar-refractivity contribution in [1.82, 2.24) is 10.6 Å². The molecule has 6 heteroatoms. The molecule has 0 rings (SSSR count). The van der Waals surface area contributed by atoms with E-state index < -0.39 is 11.5 Å². The van der Waals surface area contributed by atoms with E-state index in [1.54, 1.807) is 0 Å². The molecule has 0 spiro atoms. The number of ether oxygens (including phenoxy) is 1. The van der Waals surface area contributed by atoms with Gasteiger partial charge in [0.25, 0.3) is 0 Å². The average Bonchev–Trinajstić information content (AvgIpc) is 2.22. The highest BCUT2D eigenvalue weighted by atomic mass is 16.5. The third kappa shape index (κ3) is 4.75. The first kappa shape index (κ1) is 13.9. The quantitative estimate of drug-likeness (QED) is 0.521. The molecule has 3 N–H and O–H groups in total. The fourth-order valence-corrected chi connectivity index (χ4v) is 0.941. The molecule has 1 unspecified atom stereocenters. The highest BCUT2D eigenvalue weighted by Crippen LogP contribution is 2.09. The van der Waals surface area contributed by atoms with Crippen LogP contribution in [0.2, 0.25) is 0 Å². The van der Waals surface area contributed by atoms with Crippen LogP contribution in [0.25, 0.3) is 0 Å². The zero-order valence-corrected chi connectivity index (χ0v) is 9.29. The molecule has 1 atom stereocenters. The van der Waals surface area contributed by atoms with E-state index in [4.69, 9.17) is 9.84 Å². The first-order valence-electron chi connectivity index (χ1n) is 4.64. The number of hydrogen-bond acceptors (Lipinski definition) is 4. The van der Waals surface area contributed by atoms with Crippen molar-refractivity contribution < 1.29 is 19.4 Å². The Labute approximate surface area is 89.0 Å². The number of carboxylic acid groups (broad SMARTS) is 1. The van der Waals surface area contributed by atoms with Crippen LogP contribution >= 0.6 is 0 Å². The number of hydrogen-bond donors (Lipinski definition) is 3. The SMILES string of the molecule is CNC(=O)CNC(C)(CCOC)C(=O)O. The van der Waals surface area contributed by atoms with E-state index in [2.05, 4.69) is 10.6 Å². The summed E-state index contributed by atoms with van der Waals surface area (Å²) in [4.78, 5) is 21.9. The van der Waals surface area contributed by atoms with Gasteiger partial charge in [-0.25, -0.2) is 0 Å². The minimum absolute atomic E-state index is 0.0248. The lowest BCUT2D eigenvalue weighted by Crippen LogP contribution is -2.53. The first-order chi connectivity index (χ1) is 6.96. The molecule has 0 aliphatic heterocycles. The zero-order valence-electron chi connectivity index (χ0n) is 9.29. The number of amides is 1. The van der Waals surface area contributed by atoms with Crippen LogP contribution in [0.3, 0.4) is 0 Å². The Hall–Kier alpha value is -1.14. The molecule has 0 aliphatic carbocycles. The van der Waals surface area contributed by atoms with Gasteiger partial charge in [0.05, 0.1) is 6.54 Å². The molecule has 0 aromatic carbocycles. The van der Waals surface area contributed by atoms with E-state index in [1.165, 1.54) is 21.1 Å². The Morgan fingerprint density at radius 2 is 2.07 bits per heavy atom. The Balaban J connectivity index is 4.25. The van der Waals surface area contributed by atoms with Crippen LogP contribution in [0, 0.1) is 0 Å². The van der Waals surface area contributed by atoms with Gasteiger partial charge in [0.2, 0.25) is 5.91 Å². The van der Waals surface area contributed by atoms with Gasteiger partial charge in [-0.1, -0.05) is 0 Å². The Kier molecular flexibility index (Phi) is 5.88. The summed E-state index contributed by atoms with van der Waals surface area (Å²) < 4.78 is 4.82. The number of carboxylic acids is 1. The Bertz CT molecular complexity index is 232. The number of rotatable bonds is 7.